The third-order valence-electron chi connectivity index (χ3n) is 3.61. The number of carboxylic acids is 1. The maximum Gasteiger partial charge on any atom is 0.321 e. The lowest BCUT2D eigenvalue weighted by atomic mass is 10.0. The van der Waals surface area contributed by atoms with E-state index in [-0.39, 0.29) is 11.3 Å². The number of aromatic hydroxyl groups is 1. The van der Waals surface area contributed by atoms with E-state index in [2.05, 4.69) is 95.7 Å². The third kappa shape index (κ3) is 6.97. The van der Waals surface area contributed by atoms with Gasteiger partial charge in [-0.1, -0.05) is 0 Å². The van der Waals surface area contributed by atoms with Gasteiger partial charge in [0.15, 0.2) is 5.75 Å². The maximum atomic E-state index is 11.6. The summed E-state index contributed by atoms with van der Waals surface area (Å²) in [6, 6.07) is 6.81. The highest BCUT2D eigenvalue weighted by atomic mass is 127. The number of carboxylic acid groups (broad SMARTS) is 1. The van der Waals surface area contributed by atoms with Gasteiger partial charge in [0.05, 0.1) is 14.3 Å². The van der Waals surface area contributed by atoms with Crippen molar-refractivity contribution in [3.63, 3.8) is 0 Å². The molecule has 0 aromatic heterocycles. The molecule has 0 aliphatic carbocycles. The molecule has 9 heteroatoms. The summed E-state index contributed by atoms with van der Waals surface area (Å²) in [5, 5.41) is 22.6. The first kappa shape index (κ1) is 24.7. The lowest BCUT2D eigenvalue weighted by Crippen LogP contribution is -2.48. The molecule has 0 spiro atoms. The number of aliphatic carboxylic acids is 1. The molecule has 2 aromatic rings. The Balaban J connectivity index is 2.28. The molecule has 0 bridgehead atoms. The summed E-state index contributed by atoms with van der Waals surface area (Å²) in [7, 11) is 0. The second kappa shape index (κ2) is 10.1. The Hall–Kier alpha value is 0.390. The number of phenolic OH excluding ortho intramolecular Hbond substituents is 1. The van der Waals surface area contributed by atoms with E-state index < -0.39 is 12.0 Å². The normalized spacial score (nSPS) is 12.7. The van der Waals surface area contributed by atoms with E-state index in [1.807, 2.05) is 32.9 Å². The molecular weight excluding hydrogens is 814 g/mol. The largest absolute Gasteiger partial charge is 0.506 e. The molecule has 0 saturated carbocycles. The van der Waals surface area contributed by atoms with Crippen LogP contribution in [0.5, 0.6) is 17.2 Å². The van der Waals surface area contributed by atoms with Gasteiger partial charge in [-0.3, -0.25) is 10.1 Å². The van der Waals surface area contributed by atoms with Crippen LogP contribution < -0.4 is 10.1 Å². The Morgan fingerprint density at radius 1 is 1.04 bits per heavy atom. The molecule has 0 radical (unpaired) electrons. The van der Waals surface area contributed by atoms with Crippen molar-refractivity contribution in [3.8, 4) is 17.2 Å². The zero-order valence-corrected chi connectivity index (χ0v) is 23.9. The topological polar surface area (TPSA) is 78.8 Å². The molecule has 0 saturated heterocycles. The van der Waals surface area contributed by atoms with Crippen molar-refractivity contribution in [2.45, 2.75) is 38.8 Å². The van der Waals surface area contributed by atoms with Crippen LogP contribution in [0.3, 0.4) is 0 Å². The van der Waals surface area contributed by atoms with E-state index in [0.717, 1.165) is 25.6 Å². The van der Waals surface area contributed by atoms with Gasteiger partial charge in [0.25, 0.3) is 0 Å². The van der Waals surface area contributed by atoms with Crippen LogP contribution in [0.25, 0.3) is 0 Å². The Kier molecular flexibility index (Phi) is 8.92. The van der Waals surface area contributed by atoms with Crippen molar-refractivity contribution in [2.75, 3.05) is 0 Å². The Morgan fingerprint density at radius 2 is 1.54 bits per heavy atom. The molecule has 0 aliphatic heterocycles. The van der Waals surface area contributed by atoms with Gasteiger partial charge in [-0.2, -0.15) is 0 Å². The first-order valence-electron chi connectivity index (χ1n) is 8.21. The molecule has 0 amide bonds. The van der Waals surface area contributed by atoms with E-state index in [1.165, 1.54) is 0 Å². The standard InChI is InChI=1S/C19H19I4NO4/c1-19(2,3)24-15(18(26)27)6-9-4-13(22)17(14(23)5-9)28-10-7-11(20)16(25)12(21)8-10/h4-5,7-8,15,24-25H,6H2,1-3H3,(H,26,27). The van der Waals surface area contributed by atoms with Crippen molar-refractivity contribution >= 4 is 96.3 Å². The zero-order valence-electron chi connectivity index (χ0n) is 15.3. The number of hydrogen-bond donors (Lipinski definition) is 3. The van der Waals surface area contributed by atoms with Gasteiger partial charge in [0.2, 0.25) is 0 Å². The number of phenols is 1. The van der Waals surface area contributed by atoms with Crippen LogP contribution in [-0.4, -0.2) is 27.8 Å². The number of ether oxygens (including phenoxy) is 1. The van der Waals surface area contributed by atoms with Crippen molar-refractivity contribution in [3.05, 3.63) is 44.1 Å². The van der Waals surface area contributed by atoms with Crippen molar-refractivity contribution < 1.29 is 19.7 Å². The van der Waals surface area contributed by atoms with E-state index in [4.69, 9.17) is 4.74 Å². The highest BCUT2D eigenvalue weighted by Gasteiger charge is 2.24. The number of rotatable bonds is 6. The molecule has 0 heterocycles. The first-order valence-corrected chi connectivity index (χ1v) is 12.5. The van der Waals surface area contributed by atoms with Crippen LogP contribution >= 0.6 is 90.4 Å². The smallest absolute Gasteiger partial charge is 0.321 e. The second-order valence-corrected chi connectivity index (χ2v) is 11.9. The molecule has 5 nitrogen and oxygen atoms in total. The molecule has 1 atom stereocenters. The molecule has 0 fully saturated rings. The number of hydrogen-bond acceptors (Lipinski definition) is 4. The summed E-state index contributed by atoms with van der Waals surface area (Å²) in [6.45, 7) is 5.86. The van der Waals surface area contributed by atoms with Gasteiger partial charge in [-0.25, -0.2) is 0 Å². The fourth-order valence-electron chi connectivity index (χ4n) is 2.51. The van der Waals surface area contributed by atoms with Crippen LogP contribution in [0.4, 0.5) is 0 Å². The SMILES string of the molecule is CC(C)(C)NC(Cc1cc(I)c(Oc2cc(I)c(O)c(I)c2)c(I)c1)C(=O)O. The lowest BCUT2D eigenvalue weighted by Gasteiger charge is -2.26. The van der Waals surface area contributed by atoms with Gasteiger partial charge in [0, 0.05) is 5.54 Å². The highest BCUT2D eigenvalue weighted by molar-refractivity contribution is 14.1. The van der Waals surface area contributed by atoms with Crippen LogP contribution in [0, 0.1) is 14.3 Å². The maximum absolute atomic E-state index is 11.6. The minimum absolute atomic E-state index is 0.249. The summed E-state index contributed by atoms with van der Waals surface area (Å²) in [5.41, 5.74) is 0.639. The summed E-state index contributed by atoms with van der Waals surface area (Å²) in [4.78, 5) is 11.6. The van der Waals surface area contributed by atoms with Crippen LogP contribution in [0.1, 0.15) is 26.3 Å². The van der Waals surface area contributed by atoms with Gasteiger partial charge in [0.1, 0.15) is 17.5 Å². The predicted molar refractivity (Wildman–Crippen MR) is 144 cm³/mol. The highest BCUT2D eigenvalue weighted by Crippen LogP contribution is 2.37. The van der Waals surface area contributed by atoms with Crippen LogP contribution in [-0.2, 0) is 11.2 Å². The number of halogens is 4. The monoisotopic (exact) mass is 833 g/mol. The Labute approximate surface area is 219 Å². The fourth-order valence-corrected chi connectivity index (χ4v) is 6.33. The Bertz CT molecular complexity index is 850. The van der Waals surface area contributed by atoms with Crippen LogP contribution in [0.2, 0.25) is 0 Å². The quantitative estimate of drug-likeness (QED) is 0.313. The molecular formula is C19H19I4NO4. The summed E-state index contributed by atoms with van der Waals surface area (Å²) in [6.07, 6.45) is 0.383. The molecule has 1 unspecified atom stereocenters. The fraction of sp³-hybridized carbons (Fsp3) is 0.316. The van der Waals surface area contributed by atoms with Crippen molar-refractivity contribution in [1.82, 2.24) is 5.32 Å². The number of nitrogens with one attached hydrogen (secondary N) is 1. The predicted octanol–water partition coefficient (Wildman–Crippen LogP) is 5.99. The molecule has 3 N–H and O–H groups in total. The molecule has 2 aromatic carbocycles. The zero-order chi connectivity index (χ0) is 21.2. The molecule has 152 valence electrons. The third-order valence-corrected chi connectivity index (χ3v) is 6.86. The Morgan fingerprint density at radius 3 is 1.96 bits per heavy atom. The lowest BCUT2D eigenvalue weighted by molar-refractivity contribution is -0.140. The van der Waals surface area contributed by atoms with Crippen molar-refractivity contribution in [2.24, 2.45) is 0 Å². The summed E-state index contributed by atoms with van der Waals surface area (Å²) in [5.74, 6) is 0.749. The molecule has 2 rings (SSSR count). The van der Waals surface area contributed by atoms with Crippen LogP contribution in [0.15, 0.2) is 24.3 Å². The van der Waals surface area contributed by atoms with Gasteiger partial charge in [-0.15, -0.1) is 0 Å². The van der Waals surface area contributed by atoms with Gasteiger partial charge in [-0.05, 0) is 147 Å². The molecule has 0 aliphatic rings. The van der Waals surface area contributed by atoms with Gasteiger partial charge < -0.3 is 14.9 Å². The first-order chi connectivity index (χ1) is 12.9. The van der Waals surface area contributed by atoms with Crippen molar-refractivity contribution in [1.29, 1.82) is 0 Å². The summed E-state index contributed by atoms with van der Waals surface area (Å²) >= 11 is 8.55. The van der Waals surface area contributed by atoms with E-state index in [9.17, 15) is 15.0 Å². The van der Waals surface area contributed by atoms with E-state index >= 15 is 0 Å². The van der Waals surface area contributed by atoms with Gasteiger partial charge >= 0.3 is 5.97 Å². The average Bonchev–Trinajstić information content (AvgIpc) is 2.54. The van der Waals surface area contributed by atoms with E-state index in [0.29, 0.717) is 12.2 Å². The second-order valence-electron chi connectivity index (χ2n) is 7.22. The van der Waals surface area contributed by atoms with E-state index in [1.54, 1.807) is 12.1 Å². The number of carbonyl (C=O) groups is 1. The minimum atomic E-state index is -0.867. The number of benzene rings is 2. The summed E-state index contributed by atoms with van der Waals surface area (Å²) < 4.78 is 9.32. The average molecular weight is 833 g/mol. The molecule has 28 heavy (non-hydrogen) atoms. The minimum Gasteiger partial charge on any atom is -0.506 e.